The fraction of sp³-hybridized carbons (Fsp3) is 0.480. The van der Waals surface area contributed by atoms with Gasteiger partial charge in [0.15, 0.2) is 5.96 Å². The van der Waals surface area contributed by atoms with Crippen molar-refractivity contribution in [3.05, 3.63) is 173 Å². The highest BCUT2D eigenvalue weighted by Gasteiger charge is 2.44. The van der Waals surface area contributed by atoms with Gasteiger partial charge >= 0.3 is 11.9 Å². The third-order valence-corrected chi connectivity index (χ3v) is 24.6. The van der Waals surface area contributed by atoms with Crippen LogP contribution in [0.4, 0.5) is 0 Å². The molecule has 8 rings (SSSR count). The van der Waals surface area contributed by atoms with E-state index < -0.39 is 234 Å². The Hall–Kier alpha value is -15.8. The van der Waals surface area contributed by atoms with Crippen molar-refractivity contribution >= 4 is 112 Å². The number of carbonyl (C=O) groups excluding carboxylic acids is 16. The molecule has 16 atom stereocenters. The Morgan fingerprint density at radius 3 is 1.17 bits per heavy atom. The molecule has 0 saturated carbocycles. The molecule has 2 saturated heterocycles. The first kappa shape index (κ1) is 116. The number of aromatic amines is 1. The number of primary amides is 1. The second-order valence-corrected chi connectivity index (χ2v) is 37.5. The highest BCUT2D eigenvalue weighted by Crippen LogP contribution is 2.26. The van der Waals surface area contributed by atoms with Crippen LogP contribution in [0.25, 0.3) is 0 Å². The molecule has 1 aromatic heterocycles. The van der Waals surface area contributed by atoms with Crippen LogP contribution in [0.15, 0.2) is 140 Å². The molecule has 0 bridgehead atoms. The Bertz CT molecular complexity index is 5510. The minimum absolute atomic E-state index is 0.0263. The first-order valence-electron chi connectivity index (χ1n) is 48.8. The second-order valence-electron chi connectivity index (χ2n) is 37.5. The van der Waals surface area contributed by atoms with Gasteiger partial charge in [0.25, 0.3) is 0 Å². The van der Waals surface area contributed by atoms with Crippen LogP contribution in [0.2, 0.25) is 0 Å². The van der Waals surface area contributed by atoms with Crippen LogP contribution in [-0.4, -0.2) is 286 Å². The van der Waals surface area contributed by atoms with E-state index in [1.54, 1.807) is 58.0 Å². The van der Waals surface area contributed by atoms with Gasteiger partial charge in [-0.1, -0.05) is 107 Å². The van der Waals surface area contributed by atoms with Crippen molar-refractivity contribution in [1.82, 2.24) is 94.2 Å². The fourth-order valence-corrected chi connectivity index (χ4v) is 16.8. The average Bonchev–Trinajstić information content (AvgIpc) is 1.73. The molecule has 147 heavy (non-hydrogen) atoms. The number of aromatic nitrogens is 2. The molecule has 47 heteroatoms. The van der Waals surface area contributed by atoms with E-state index in [4.69, 9.17) is 28.3 Å². The number of hydrogen-bond donors (Lipinski definition) is 26. The maximum atomic E-state index is 15.3. The van der Waals surface area contributed by atoms with Crippen molar-refractivity contribution in [3.63, 3.8) is 0 Å². The Morgan fingerprint density at radius 2 is 0.769 bits per heavy atom. The van der Waals surface area contributed by atoms with Crippen LogP contribution < -0.4 is 97.4 Å². The summed E-state index contributed by atoms with van der Waals surface area (Å²) in [6, 6.07) is 6.68. The van der Waals surface area contributed by atoms with Crippen LogP contribution >= 0.6 is 0 Å². The Balaban J connectivity index is 0.979. The molecule has 5 aromatic carbocycles. The first-order chi connectivity index (χ1) is 69.8. The number of guanidine groups is 1. The normalized spacial score (nSPS) is 16.1. The highest BCUT2D eigenvalue weighted by atomic mass is 16.4. The van der Waals surface area contributed by atoms with Crippen LogP contribution in [0, 0.1) is 17.2 Å². The van der Waals surface area contributed by atoms with E-state index in [-0.39, 0.29) is 139 Å². The van der Waals surface area contributed by atoms with Crippen molar-refractivity contribution in [3.8, 4) is 23.0 Å². The minimum Gasteiger partial charge on any atom is -0.508 e. The smallest absolute Gasteiger partial charge is 0.326 e. The van der Waals surface area contributed by atoms with Gasteiger partial charge in [0.05, 0.1) is 24.5 Å². The molecule has 47 nitrogen and oxygen atoms in total. The molecule has 16 amide bonds. The van der Waals surface area contributed by atoms with Gasteiger partial charge in [-0.25, -0.2) is 9.78 Å². The number of nitrogens with zero attached hydrogens (tertiary/aromatic N) is 3. The quantitative estimate of drug-likeness (QED) is 0.0111. The molecular formula is C100H137N23O24. The van der Waals surface area contributed by atoms with Crippen LogP contribution in [0.3, 0.4) is 0 Å². The summed E-state index contributed by atoms with van der Waals surface area (Å²) in [4.78, 5) is 266. The summed E-state index contributed by atoms with van der Waals surface area (Å²) in [5, 5.41) is 105. The van der Waals surface area contributed by atoms with Gasteiger partial charge in [-0.05, 0) is 186 Å². The summed E-state index contributed by atoms with van der Waals surface area (Å²) in [6.45, 7) is 9.76. The van der Waals surface area contributed by atoms with Gasteiger partial charge in [0.2, 0.25) is 94.5 Å². The van der Waals surface area contributed by atoms with Gasteiger partial charge < -0.3 is 143 Å². The lowest BCUT2D eigenvalue weighted by molar-refractivity contribution is -0.143. The number of rotatable bonds is 58. The number of aromatic hydroxyl groups is 4. The summed E-state index contributed by atoms with van der Waals surface area (Å²) in [5.41, 5.74) is 25.1. The molecule has 0 unspecified atom stereocenters. The maximum absolute atomic E-state index is 15.3. The zero-order valence-electron chi connectivity index (χ0n) is 82.8. The number of carboxylic acids is 2. The lowest BCUT2D eigenvalue weighted by Crippen LogP contribution is -2.61. The number of benzene rings is 5. The number of H-pyrrole nitrogens is 1. The van der Waals surface area contributed by atoms with E-state index in [1.807, 2.05) is 0 Å². The number of likely N-dealkylation sites (tertiary alicyclic amines) is 2. The number of aliphatic carboxylic acids is 2. The number of hydrogen-bond acceptors (Lipinski definition) is 26. The topological polar surface area (TPSA) is 760 Å². The monoisotopic (exact) mass is 2040 g/mol. The number of carbonyl (C=O) groups is 18. The third kappa shape index (κ3) is 38.3. The predicted octanol–water partition coefficient (Wildman–Crippen LogP) is -2.05. The van der Waals surface area contributed by atoms with Gasteiger partial charge in [0, 0.05) is 70.8 Å². The predicted molar refractivity (Wildman–Crippen MR) is 533 cm³/mol. The van der Waals surface area contributed by atoms with Crippen molar-refractivity contribution < 1.29 is 117 Å². The van der Waals surface area contributed by atoms with Crippen molar-refractivity contribution in [1.29, 1.82) is 5.41 Å². The molecule has 6 aromatic rings. The van der Waals surface area contributed by atoms with E-state index >= 15 is 19.2 Å². The average molecular weight is 2050 g/mol. The van der Waals surface area contributed by atoms with Crippen LogP contribution in [0.5, 0.6) is 23.0 Å². The second kappa shape index (κ2) is 57.6. The van der Waals surface area contributed by atoms with Gasteiger partial charge in [-0.15, -0.1) is 0 Å². The highest BCUT2D eigenvalue weighted by molar-refractivity contribution is 6.02. The zero-order valence-corrected chi connectivity index (χ0v) is 82.8. The number of unbranched alkanes of at least 4 members (excludes halogenated alkanes) is 1. The summed E-state index contributed by atoms with van der Waals surface area (Å²) >= 11 is 0. The third-order valence-electron chi connectivity index (χ3n) is 24.6. The van der Waals surface area contributed by atoms with E-state index in [1.165, 1.54) is 128 Å². The fourth-order valence-electron chi connectivity index (χ4n) is 16.8. The number of nitrogens with one attached hydrogen (secondary N) is 16. The first-order valence-corrected chi connectivity index (χ1v) is 48.8. The summed E-state index contributed by atoms with van der Waals surface area (Å²) in [7, 11) is 0. The Morgan fingerprint density at radius 1 is 0.401 bits per heavy atom. The molecule has 30 N–H and O–H groups in total. The van der Waals surface area contributed by atoms with E-state index in [9.17, 15) is 97.8 Å². The zero-order chi connectivity index (χ0) is 108. The number of imidazole rings is 1. The molecule has 0 radical (unpaired) electrons. The number of phenolic OH excluding ortho intramolecular Hbond substituents is 4. The number of phenols is 4. The molecule has 2 aliphatic rings. The number of amides is 16. The molecule has 2 aliphatic heterocycles. The van der Waals surface area contributed by atoms with Crippen molar-refractivity contribution in [2.75, 3.05) is 26.2 Å². The largest absolute Gasteiger partial charge is 0.508 e. The van der Waals surface area contributed by atoms with E-state index in [0.717, 1.165) is 4.90 Å². The SMILES string of the molecule is CC(C)C[C@H](NC(=O)[C@H](CC(C)C)NC(=O)[C@H](CCC(=O)O)NC(=O)[C@@H]1CCCN1C(=O)[C@H](C)NC(=O)[C@H](Cc1ccc(O)cc1)NC(=O)[C@H](Cc1ccccc1)NC(=O)[C@H](Cc1ccc(O)cc1)NC(=O)[C@@H]1CCCN1C(=O)[C@H](Cc1c[nH]cn1)NC(=O)[C@@H](N)CCCNC(=N)N)C(=O)N[C@@H](Cc1ccc(O)cc1)C(=O)N[C@@H](Cc1ccc(O)cc1)C(=O)N[C@@H](C)C(=O)N[C@@H](CC(N)=O)C(=O)N[C@@H](CCCCN)C(=O)O. The van der Waals surface area contributed by atoms with Gasteiger partial charge in [-0.2, -0.15) is 0 Å². The molecule has 3 heterocycles. The Kier molecular flexibility index (Phi) is 45.6. The molecule has 0 aliphatic carbocycles. The maximum Gasteiger partial charge on any atom is 0.326 e. The minimum atomic E-state index is -1.73. The van der Waals surface area contributed by atoms with E-state index in [2.05, 4.69) is 84.4 Å². The standard InChI is InChI=1S/C100H137N23O24/c1-54(2)43-71(89(136)115-72(44-55(3)4)90(137)118-76(48-61-25-33-66(126)34-26-61)92(139)116-73(46-59-21-29-64(124)30-22-59)87(134)109-56(5)84(131)113-78(51-82(103)128)94(141)112-70(99(146)147)18-10-11-39-101)114-86(133)69(37-38-83(129)130)111-95(142)80-19-13-41-122(80)97(144)57(6)110-88(135)74(47-60-23-31-65(125)32-24-60)117-91(138)75(45-58-15-8-7-9-16-58)119-93(140)77(49-62-27-35-67(127)36-28-62)120-96(143)81-20-14-42-123(81)98(145)79(50-63-52-106-53-108-63)121-85(132)68(102)17-12-40-107-100(104)105/h7-9,15-16,21-36,52-57,68-81,124-127H,10-14,17-20,37-51,101-102H2,1-6H3,(H2,103,128)(H,106,108)(H,109,134)(H,110,135)(H,111,142)(H,112,141)(H,113,131)(H,114,133)(H,115,136)(H,116,139)(H,117,138)(H,118,137)(H,119,140)(H,120,143)(H,121,132)(H,129,130)(H,146,147)(H4,104,105,107)/t56-,57-,68-,69-,70-,71-,72-,73-,74-,75-,76-,77-,78-,79-,80-,81-/m0/s1. The number of nitrogens with two attached hydrogens (primary N) is 4. The summed E-state index contributed by atoms with van der Waals surface area (Å²) < 4.78 is 0. The van der Waals surface area contributed by atoms with Gasteiger partial charge in [-0.3, -0.25) is 86.9 Å². The molecule has 0 spiro atoms. The van der Waals surface area contributed by atoms with E-state index in [0.29, 0.717) is 59.2 Å². The molecule has 796 valence electrons. The van der Waals surface area contributed by atoms with Gasteiger partial charge in [0.1, 0.15) is 114 Å². The summed E-state index contributed by atoms with van der Waals surface area (Å²) in [6.07, 6.45) is 0.680. The molecular weight excluding hydrogens is 1910 g/mol. The molecule has 2 fully saturated rings. The van der Waals surface area contributed by atoms with Crippen LogP contribution in [0.1, 0.15) is 165 Å². The lowest BCUT2D eigenvalue weighted by Gasteiger charge is -2.31. The lowest BCUT2D eigenvalue weighted by atomic mass is 9.98. The van der Waals surface area contributed by atoms with Crippen LogP contribution in [-0.2, 0) is 125 Å². The summed E-state index contributed by atoms with van der Waals surface area (Å²) in [5.74, 6) is -19.5. The van der Waals surface area contributed by atoms with Crippen molar-refractivity contribution in [2.45, 2.75) is 267 Å². The number of carboxylic acid groups (broad SMARTS) is 2. The Labute approximate surface area is 849 Å². The van der Waals surface area contributed by atoms with Crippen molar-refractivity contribution in [2.24, 2.45) is 34.8 Å².